The Balaban J connectivity index is 1.85. The predicted molar refractivity (Wildman–Crippen MR) is 105 cm³/mol. The first-order valence-electron chi connectivity index (χ1n) is 8.31. The van der Waals surface area contributed by atoms with E-state index in [1.165, 1.54) is 4.90 Å². The number of hydrogen-bond acceptors (Lipinski definition) is 3. The van der Waals surface area contributed by atoms with E-state index in [1.807, 2.05) is 19.1 Å². The van der Waals surface area contributed by atoms with Crippen molar-refractivity contribution in [1.82, 2.24) is 0 Å². The zero-order chi connectivity index (χ0) is 19.3. The molecule has 0 spiro atoms. The van der Waals surface area contributed by atoms with Crippen LogP contribution in [-0.2, 0) is 14.3 Å². The Morgan fingerprint density at radius 2 is 1.81 bits per heavy atom. The number of esters is 1. The molecule has 4 nitrogen and oxygen atoms in total. The van der Waals surface area contributed by atoms with E-state index in [0.717, 1.165) is 5.56 Å². The van der Waals surface area contributed by atoms with Gasteiger partial charge in [-0.2, -0.15) is 0 Å². The summed E-state index contributed by atoms with van der Waals surface area (Å²) < 4.78 is 5.26. The number of halogens is 3. The van der Waals surface area contributed by atoms with Gasteiger partial charge < -0.3 is 4.74 Å². The predicted octanol–water partition coefficient (Wildman–Crippen LogP) is 5.29. The summed E-state index contributed by atoms with van der Waals surface area (Å²) in [5, 5.41) is 1.46. The van der Waals surface area contributed by atoms with Crippen LogP contribution in [0.1, 0.15) is 23.5 Å². The first-order valence-corrected chi connectivity index (χ1v) is 9.44. The molecular weight excluding hydrogens is 409 g/mol. The molecule has 0 N–H and O–H groups in total. The van der Waals surface area contributed by atoms with Crippen molar-refractivity contribution in [3.05, 3.63) is 73.9 Å². The lowest BCUT2D eigenvalue weighted by Crippen LogP contribution is -2.37. The van der Waals surface area contributed by atoms with Crippen LogP contribution in [0.5, 0.6) is 0 Å². The van der Waals surface area contributed by atoms with Crippen LogP contribution in [0.2, 0.25) is 15.1 Å². The molecule has 27 heavy (non-hydrogen) atoms. The number of anilines is 1. The Morgan fingerprint density at radius 1 is 1.04 bits per heavy atom. The number of carbonyl (C=O) groups is 2. The highest BCUT2D eigenvalue weighted by Gasteiger charge is 2.43. The molecule has 1 unspecified atom stereocenters. The Kier molecular flexibility index (Phi) is 4.66. The number of aryl methyl sites for hydroxylation is 1. The van der Waals surface area contributed by atoms with E-state index in [2.05, 4.69) is 0 Å². The van der Waals surface area contributed by atoms with Crippen molar-refractivity contribution in [3.63, 3.8) is 0 Å². The van der Waals surface area contributed by atoms with Crippen molar-refractivity contribution in [2.75, 3.05) is 11.5 Å². The van der Waals surface area contributed by atoms with Crippen LogP contribution in [0.25, 0.3) is 0 Å². The van der Waals surface area contributed by atoms with E-state index in [1.54, 1.807) is 24.3 Å². The van der Waals surface area contributed by atoms with Crippen molar-refractivity contribution >= 4 is 52.4 Å². The lowest BCUT2D eigenvalue weighted by Gasteiger charge is -2.32. The number of nitrogens with zero attached hydrogens (tertiary/aromatic N) is 1. The molecule has 2 heterocycles. The molecule has 0 aliphatic carbocycles. The molecule has 1 atom stereocenters. The second kappa shape index (κ2) is 6.86. The Labute approximate surface area is 171 Å². The van der Waals surface area contributed by atoms with Crippen LogP contribution in [0, 0.1) is 6.92 Å². The van der Waals surface area contributed by atoms with Gasteiger partial charge in [-0.15, -0.1) is 0 Å². The summed E-state index contributed by atoms with van der Waals surface area (Å²) >= 11 is 18.5. The standard InChI is InChI=1S/C20H14Cl3NO3/c1-10-2-4-12(7-15(10)22)24-17-9-27-20(26)19(17)14(8-18(24)25)13-5-3-11(21)6-16(13)23/h2-7,14H,8-9H2,1H3. The average molecular weight is 423 g/mol. The van der Waals surface area contributed by atoms with Crippen LogP contribution >= 0.6 is 34.8 Å². The first kappa shape index (κ1) is 18.4. The summed E-state index contributed by atoms with van der Waals surface area (Å²) in [6, 6.07) is 10.4. The summed E-state index contributed by atoms with van der Waals surface area (Å²) in [4.78, 5) is 27.0. The van der Waals surface area contributed by atoms with Crippen molar-refractivity contribution in [1.29, 1.82) is 0 Å². The zero-order valence-corrected chi connectivity index (χ0v) is 16.5. The molecule has 2 aliphatic heterocycles. The average Bonchev–Trinajstić information content (AvgIpc) is 2.99. The maximum atomic E-state index is 13.0. The van der Waals surface area contributed by atoms with Crippen LogP contribution in [0.4, 0.5) is 5.69 Å². The van der Waals surface area contributed by atoms with Gasteiger partial charge in [0.25, 0.3) is 0 Å². The molecule has 0 bridgehead atoms. The van der Waals surface area contributed by atoms with Crippen LogP contribution < -0.4 is 4.90 Å². The second-order valence-corrected chi connectivity index (χ2v) is 7.77. The molecule has 0 saturated carbocycles. The Bertz CT molecular complexity index is 1020. The Morgan fingerprint density at radius 3 is 2.52 bits per heavy atom. The van der Waals surface area contributed by atoms with Gasteiger partial charge >= 0.3 is 5.97 Å². The quantitative estimate of drug-likeness (QED) is 0.618. The molecule has 0 aromatic heterocycles. The molecule has 2 aromatic rings. The third kappa shape index (κ3) is 3.12. The smallest absolute Gasteiger partial charge is 0.336 e. The van der Waals surface area contributed by atoms with Gasteiger partial charge in [-0.3, -0.25) is 9.69 Å². The highest BCUT2D eigenvalue weighted by Crippen LogP contribution is 2.44. The normalized spacial score (nSPS) is 19.4. The fourth-order valence-electron chi connectivity index (χ4n) is 3.52. The van der Waals surface area contributed by atoms with E-state index < -0.39 is 11.9 Å². The molecule has 2 aliphatic rings. The SMILES string of the molecule is Cc1ccc(N2C(=O)CC(c3ccc(Cl)cc3Cl)C3=C2COC3=O)cc1Cl. The van der Waals surface area contributed by atoms with Crippen molar-refractivity contribution in [3.8, 4) is 0 Å². The third-order valence-corrected chi connectivity index (χ3v) is 5.84. The van der Waals surface area contributed by atoms with Crippen LogP contribution in [0.15, 0.2) is 47.7 Å². The van der Waals surface area contributed by atoms with Gasteiger partial charge in [0.2, 0.25) is 5.91 Å². The second-order valence-electron chi connectivity index (χ2n) is 6.52. The summed E-state index contributed by atoms with van der Waals surface area (Å²) in [5.41, 5.74) is 3.19. The number of benzene rings is 2. The maximum Gasteiger partial charge on any atom is 0.336 e. The van der Waals surface area contributed by atoms with Gasteiger partial charge in [0, 0.05) is 27.4 Å². The van der Waals surface area contributed by atoms with Gasteiger partial charge in [-0.25, -0.2) is 4.79 Å². The fraction of sp³-hybridized carbons (Fsp3) is 0.200. The molecule has 7 heteroatoms. The van der Waals surface area contributed by atoms with Gasteiger partial charge in [0.1, 0.15) is 6.61 Å². The number of cyclic esters (lactones) is 1. The zero-order valence-electron chi connectivity index (χ0n) is 14.3. The van der Waals surface area contributed by atoms with E-state index in [9.17, 15) is 9.59 Å². The van der Waals surface area contributed by atoms with Gasteiger partial charge in [-0.1, -0.05) is 46.9 Å². The molecule has 2 aromatic carbocycles. The third-order valence-electron chi connectivity index (χ3n) is 4.87. The number of ether oxygens (including phenoxy) is 1. The highest BCUT2D eigenvalue weighted by molar-refractivity contribution is 6.35. The fourth-order valence-corrected chi connectivity index (χ4v) is 4.24. The van der Waals surface area contributed by atoms with E-state index in [4.69, 9.17) is 39.5 Å². The molecule has 138 valence electrons. The van der Waals surface area contributed by atoms with Crippen molar-refractivity contribution < 1.29 is 14.3 Å². The lowest BCUT2D eigenvalue weighted by atomic mass is 9.84. The lowest BCUT2D eigenvalue weighted by molar-refractivity contribution is -0.136. The minimum absolute atomic E-state index is 0.0348. The van der Waals surface area contributed by atoms with Gasteiger partial charge in [0.15, 0.2) is 0 Å². The molecule has 4 rings (SSSR count). The minimum atomic E-state index is -0.468. The molecular formula is C20H14Cl3NO3. The van der Waals surface area contributed by atoms with Crippen molar-refractivity contribution in [2.24, 2.45) is 0 Å². The largest absolute Gasteiger partial charge is 0.456 e. The molecule has 0 saturated heterocycles. The number of amides is 1. The van der Waals surface area contributed by atoms with E-state index in [0.29, 0.717) is 37.6 Å². The van der Waals surface area contributed by atoms with Crippen LogP contribution in [-0.4, -0.2) is 18.5 Å². The van der Waals surface area contributed by atoms with Gasteiger partial charge in [-0.05, 0) is 42.3 Å². The summed E-state index contributed by atoms with van der Waals surface area (Å²) in [5.74, 6) is -1.05. The number of rotatable bonds is 2. The summed E-state index contributed by atoms with van der Waals surface area (Å²) in [7, 11) is 0. The summed E-state index contributed by atoms with van der Waals surface area (Å²) in [6.45, 7) is 1.92. The van der Waals surface area contributed by atoms with Gasteiger partial charge in [0.05, 0.1) is 17.0 Å². The summed E-state index contributed by atoms with van der Waals surface area (Å²) in [6.07, 6.45) is 0.0980. The van der Waals surface area contributed by atoms with Crippen molar-refractivity contribution in [2.45, 2.75) is 19.3 Å². The highest BCUT2D eigenvalue weighted by atomic mass is 35.5. The minimum Gasteiger partial charge on any atom is -0.456 e. The topological polar surface area (TPSA) is 46.6 Å². The Hall–Kier alpha value is -2.01. The molecule has 0 radical (unpaired) electrons. The van der Waals surface area contributed by atoms with Crippen LogP contribution in [0.3, 0.4) is 0 Å². The molecule has 1 amide bonds. The molecule has 0 fully saturated rings. The van der Waals surface area contributed by atoms with E-state index >= 15 is 0 Å². The van der Waals surface area contributed by atoms with E-state index in [-0.39, 0.29) is 18.9 Å². The maximum absolute atomic E-state index is 13.0. The monoisotopic (exact) mass is 421 g/mol. The number of carbonyl (C=O) groups excluding carboxylic acids is 2. The number of hydrogen-bond donors (Lipinski definition) is 0. The first-order chi connectivity index (χ1) is 12.9.